The lowest BCUT2D eigenvalue weighted by atomic mass is 10.3. The monoisotopic (exact) mass is 258 g/mol. The highest BCUT2D eigenvalue weighted by molar-refractivity contribution is 5.93. The summed E-state index contributed by atoms with van der Waals surface area (Å²) in [6.07, 6.45) is 0. The van der Waals surface area contributed by atoms with Gasteiger partial charge in [0.25, 0.3) is 5.69 Å². The van der Waals surface area contributed by atoms with Crippen molar-refractivity contribution in [3.63, 3.8) is 0 Å². The molecule has 7 heteroatoms. The van der Waals surface area contributed by atoms with Gasteiger partial charge >= 0.3 is 0 Å². The maximum Gasteiger partial charge on any atom is 0.273 e. The number of rotatable bonds is 4. The molecular formula is C12H10N4O3. The first-order valence-corrected chi connectivity index (χ1v) is 5.30. The van der Waals surface area contributed by atoms with E-state index in [-0.39, 0.29) is 23.1 Å². The number of nitrogens with zero attached hydrogens (tertiary/aromatic N) is 2. The number of ether oxygens (including phenoxy) is 1. The molecule has 0 aliphatic heterocycles. The molecule has 2 aromatic rings. The number of aromatic nitrogens is 1. The molecule has 0 unspecified atom stereocenters. The maximum absolute atomic E-state index is 10.6. The Morgan fingerprint density at radius 3 is 2.74 bits per heavy atom. The second-order valence-electron chi connectivity index (χ2n) is 3.63. The Bertz CT molecular complexity index is 587. The zero-order valence-electron chi connectivity index (χ0n) is 9.74. The Morgan fingerprint density at radius 1 is 1.32 bits per heavy atom. The smallest absolute Gasteiger partial charge is 0.273 e. The highest BCUT2D eigenvalue weighted by Crippen LogP contribution is 2.23. The first kappa shape index (κ1) is 12.5. The summed E-state index contributed by atoms with van der Waals surface area (Å²) in [7, 11) is 0. The highest BCUT2D eigenvalue weighted by atomic mass is 16.6. The van der Waals surface area contributed by atoms with Crippen LogP contribution in [0.15, 0.2) is 42.5 Å². The zero-order chi connectivity index (χ0) is 13.8. The Kier molecular flexibility index (Phi) is 3.37. The van der Waals surface area contributed by atoms with Gasteiger partial charge in [-0.05, 0) is 12.1 Å². The van der Waals surface area contributed by atoms with E-state index in [2.05, 4.69) is 4.98 Å². The van der Waals surface area contributed by atoms with Gasteiger partial charge in [-0.1, -0.05) is 12.1 Å². The molecule has 0 saturated carbocycles. The van der Waals surface area contributed by atoms with Gasteiger partial charge in [-0.2, -0.15) is 0 Å². The molecule has 19 heavy (non-hydrogen) atoms. The lowest BCUT2D eigenvalue weighted by Crippen LogP contribution is -2.13. The SMILES string of the molecule is N=C(N)c1cccc(Oc2cccc([N+](=O)[O-])c2)n1. The molecule has 0 fully saturated rings. The van der Waals surface area contributed by atoms with Crippen LogP contribution in [0, 0.1) is 15.5 Å². The molecule has 0 spiro atoms. The van der Waals surface area contributed by atoms with Crippen LogP contribution in [-0.4, -0.2) is 15.7 Å². The van der Waals surface area contributed by atoms with Gasteiger partial charge < -0.3 is 10.5 Å². The second kappa shape index (κ2) is 5.13. The molecule has 0 amide bonds. The second-order valence-corrected chi connectivity index (χ2v) is 3.63. The molecular weight excluding hydrogens is 248 g/mol. The summed E-state index contributed by atoms with van der Waals surface area (Å²) in [5, 5.41) is 17.9. The third-order valence-electron chi connectivity index (χ3n) is 2.25. The molecule has 1 aromatic heterocycles. The van der Waals surface area contributed by atoms with Crippen molar-refractivity contribution in [3.05, 3.63) is 58.3 Å². The van der Waals surface area contributed by atoms with E-state index >= 15 is 0 Å². The third kappa shape index (κ3) is 3.03. The number of nitrogens with two attached hydrogens (primary N) is 1. The van der Waals surface area contributed by atoms with Crippen LogP contribution < -0.4 is 10.5 Å². The lowest BCUT2D eigenvalue weighted by molar-refractivity contribution is -0.384. The number of hydrogen-bond donors (Lipinski definition) is 2. The number of nitro groups is 1. The minimum atomic E-state index is -0.508. The van der Waals surface area contributed by atoms with Crippen molar-refractivity contribution in [1.29, 1.82) is 5.41 Å². The van der Waals surface area contributed by atoms with Gasteiger partial charge in [-0.15, -0.1) is 0 Å². The Balaban J connectivity index is 2.26. The normalized spacial score (nSPS) is 9.89. The number of nitrogens with one attached hydrogen (secondary N) is 1. The Labute approximate surface area is 108 Å². The molecule has 0 radical (unpaired) electrons. The number of amidine groups is 1. The minimum Gasteiger partial charge on any atom is -0.439 e. The first-order valence-electron chi connectivity index (χ1n) is 5.30. The van der Waals surface area contributed by atoms with Crippen molar-refractivity contribution in [2.75, 3.05) is 0 Å². The molecule has 0 atom stereocenters. The zero-order valence-corrected chi connectivity index (χ0v) is 9.74. The predicted molar refractivity (Wildman–Crippen MR) is 68.4 cm³/mol. The number of benzene rings is 1. The quantitative estimate of drug-likeness (QED) is 0.377. The number of pyridine rings is 1. The summed E-state index contributed by atoms with van der Waals surface area (Å²) in [6.45, 7) is 0. The number of hydrogen-bond acceptors (Lipinski definition) is 5. The van der Waals surface area contributed by atoms with E-state index in [1.54, 1.807) is 24.3 Å². The van der Waals surface area contributed by atoms with Crippen LogP contribution in [0.4, 0.5) is 5.69 Å². The fourth-order valence-electron chi connectivity index (χ4n) is 1.40. The van der Waals surface area contributed by atoms with E-state index < -0.39 is 4.92 Å². The molecule has 96 valence electrons. The summed E-state index contributed by atoms with van der Waals surface area (Å²) in [5.74, 6) is 0.333. The van der Waals surface area contributed by atoms with Crippen molar-refractivity contribution < 1.29 is 9.66 Å². The van der Waals surface area contributed by atoms with Crippen molar-refractivity contribution in [1.82, 2.24) is 4.98 Å². The van der Waals surface area contributed by atoms with E-state index in [1.807, 2.05) is 0 Å². The van der Waals surface area contributed by atoms with Crippen LogP contribution in [0.5, 0.6) is 11.6 Å². The van der Waals surface area contributed by atoms with Gasteiger partial charge in [0.2, 0.25) is 5.88 Å². The van der Waals surface area contributed by atoms with Crippen LogP contribution in [0.2, 0.25) is 0 Å². The van der Waals surface area contributed by atoms with Crippen molar-refractivity contribution in [2.45, 2.75) is 0 Å². The van der Waals surface area contributed by atoms with Crippen LogP contribution in [0.25, 0.3) is 0 Å². The van der Waals surface area contributed by atoms with Gasteiger partial charge in [0.05, 0.1) is 11.0 Å². The summed E-state index contributed by atoms with van der Waals surface area (Å²) in [6, 6.07) is 10.5. The standard InChI is InChI=1S/C12H10N4O3/c13-12(14)10-5-2-6-11(15-10)19-9-4-1-3-8(7-9)16(17)18/h1-7H,(H3,13,14). The molecule has 0 aliphatic rings. The average molecular weight is 258 g/mol. The predicted octanol–water partition coefficient (Wildman–Crippen LogP) is 2.07. The highest BCUT2D eigenvalue weighted by Gasteiger charge is 2.08. The minimum absolute atomic E-state index is 0.0692. The Morgan fingerprint density at radius 2 is 2.05 bits per heavy atom. The molecule has 0 saturated heterocycles. The maximum atomic E-state index is 10.6. The van der Waals surface area contributed by atoms with E-state index in [0.29, 0.717) is 5.75 Å². The van der Waals surface area contributed by atoms with Gasteiger partial charge in [0, 0.05) is 12.1 Å². The van der Waals surface area contributed by atoms with Crippen LogP contribution in [0.1, 0.15) is 5.69 Å². The van der Waals surface area contributed by atoms with Crippen molar-refractivity contribution in [3.8, 4) is 11.6 Å². The fraction of sp³-hybridized carbons (Fsp3) is 0. The van der Waals surface area contributed by atoms with Crippen LogP contribution in [0.3, 0.4) is 0 Å². The number of nitrogen functional groups attached to an aromatic ring is 1. The largest absolute Gasteiger partial charge is 0.439 e. The van der Waals surface area contributed by atoms with Gasteiger partial charge in [-0.25, -0.2) is 4.98 Å². The van der Waals surface area contributed by atoms with Crippen molar-refractivity contribution in [2.24, 2.45) is 5.73 Å². The lowest BCUT2D eigenvalue weighted by Gasteiger charge is -2.05. The number of nitro benzene ring substituents is 1. The summed E-state index contributed by atoms with van der Waals surface area (Å²) >= 11 is 0. The molecule has 0 bridgehead atoms. The third-order valence-corrected chi connectivity index (χ3v) is 2.25. The molecule has 2 rings (SSSR count). The molecule has 1 heterocycles. The summed E-state index contributed by atoms with van der Waals surface area (Å²) < 4.78 is 5.39. The first-order chi connectivity index (χ1) is 9.06. The van der Waals surface area contributed by atoms with Gasteiger partial charge in [-0.3, -0.25) is 15.5 Å². The Hall–Kier alpha value is -2.96. The van der Waals surface area contributed by atoms with Crippen molar-refractivity contribution >= 4 is 11.5 Å². The van der Waals surface area contributed by atoms with Gasteiger partial charge in [0.15, 0.2) is 0 Å². The number of non-ortho nitro benzene ring substituents is 1. The van der Waals surface area contributed by atoms with E-state index in [4.69, 9.17) is 15.9 Å². The van der Waals surface area contributed by atoms with E-state index in [0.717, 1.165) is 0 Å². The summed E-state index contributed by atoms with van der Waals surface area (Å²) in [4.78, 5) is 14.1. The molecule has 3 N–H and O–H groups in total. The molecule has 0 aliphatic carbocycles. The van der Waals surface area contributed by atoms with E-state index in [9.17, 15) is 10.1 Å². The van der Waals surface area contributed by atoms with Crippen LogP contribution >= 0.6 is 0 Å². The van der Waals surface area contributed by atoms with E-state index in [1.165, 1.54) is 18.2 Å². The molecule has 1 aromatic carbocycles. The fourth-order valence-corrected chi connectivity index (χ4v) is 1.40. The van der Waals surface area contributed by atoms with Gasteiger partial charge in [0.1, 0.15) is 17.3 Å². The molecule has 7 nitrogen and oxygen atoms in total. The average Bonchev–Trinajstić information content (AvgIpc) is 2.39. The van der Waals surface area contributed by atoms with Crippen LogP contribution in [-0.2, 0) is 0 Å². The summed E-state index contributed by atoms with van der Waals surface area (Å²) in [5.41, 5.74) is 5.53. The topological polar surface area (TPSA) is 115 Å².